The maximum atomic E-state index is 11.6. The van der Waals surface area contributed by atoms with Gasteiger partial charge in [0.05, 0.1) is 7.11 Å². The van der Waals surface area contributed by atoms with Crippen LogP contribution in [0.3, 0.4) is 0 Å². The highest BCUT2D eigenvalue weighted by Gasteiger charge is 2.41. The number of carbonyl (C=O) groups excluding carboxylic acids is 1. The lowest BCUT2D eigenvalue weighted by molar-refractivity contribution is -0.147. The SMILES string of the molecule is COC(=O)C(C)(C)NC1CC(C)(C)CC1C. The first-order chi connectivity index (χ1) is 7.18. The third-order valence-electron chi connectivity index (χ3n) is 3.58. The minimum Gasteiger partial charge on any atom is -0.468 e. The number of hydrogen-bond donors (Lipinski definition) is 1. The zero-order chi connectivity index (χ0) is 12.6. The van der Waals surface area contributed by atoms with Crippen LogP contribution in [0.1, 0.15) is 47.5 Å². The average molecular weight is 227 g/mol. The molecule has 1 saturated carbocycles. The summed E-state index contributed by atoms with van der Waals surface area (Å²) >= 11 is 0. The van der Waals surface area contributed by atoms with E-state index in [9.17, 15) is 4.79 Å². The van der Waals surface area contributed by atoms with Crippen LogP contribution in [-0.2, 0) is 9.53 Å². The van der Waals surface area contributed by atoms with Crippen molar-refractivity contribution in [1.29, 1.82) is 0 Å². The molecule has 0 aromatic carbocycles. The monoisotopic (exact) mass is 227 g/mol. The van der Waals surface area contributed by atoms with Gasteiger partial charge in [0.25, 0.3) is 0 Å². The molecule has 1 fully saturated rings. The molecule has 0 aromatic rings. The molecule has 0 bridgehead atoms. The fourth-order valence-electron chi connectivity index (χ4n) is 2.86. The first-order valence-corrected chi connectivity index (χ1v) is 6.04. The molecule has 16 heavy (non-hydrogen) atoms. The lowest BCUT2D eigenvalue weighted by Gasteiger charge is -2.29. The number of nitrogens with one attached hydrogen (secondary N) is 1. The van der Waals surface area contributed by atoms with Gasteiger partial charge in [-0.05, 0) is 38.0 Å². The summed E-state index contributed by atoms with van der Waals surface area (Å²) in [6.07, 6.45) is 2.33. The van der Waals surface area contributed by atoms with E-state index in [0.29, 0.717) is 17.4 Å². The molecule has 3 heteroatoms. The molecule has 1 aliphatic rings. The van der Waals surface area contributed by atoms with Crippen molar-refractivity contribution in [1.82, 2.24) is 5.32 Å². The number of methoxy groups -OCH3 is 1. The first-order valence-electron chi connectivity index (χ1n) is 6.04. The lowest BCUT2D eigenvalue weighted by Crippen LogP contribution is -2.53. The minimum atomic E-state index is -0.589. The molecule has 0 spiro atoms. The highest BCUT2D eigenvalue weighted by Crippen LogP contribution is 2.41. The van der Waals surface area contributed by atoms with Gasteiger partial charge < -0.3 is 4.74 Å². The van der Waals surface area contributed by atoms with Crippen LogP contribution in [0.4, 0.5) is 0 Å². The maximum absolute atomic E-state index is 11.6. The van der Waals surface area contributed by atoms with Crippen molar-refractivity contribution in [3.8, 4) is 0 Å². The molecular formula is C13H25NO2. The number of ether oxygens (including phenoxy) is 1. The second-order valence-electron chi connectivity index (χ2n) is 6.42. The minimum absolute atomic E-state index is 0.190. The van der Waals surface area contributed by atoms with E-state index in [1.54, 1.807) is 0 Å². The molecule has 0 aromatic heterocycles. The van der Waals surface area contributed by atoms with E-state index < -0.39 is 5.54 Å². The van der Waals surface area contributed by atoms with Crippen LogP contribution in [0.15, 0.2) is 0 Å². The molecule has 94 valence electrons. The van der Waals surface area contributed by atoms with E-state index in [0.717, 1.165) is 6.42 Å². The third kappa shape index (κ3) is 2.97. The Morgan fingerprint density at radius 1 is 1.38 bits per heavy atom. The van der Waals surface area contributed by atoms with Gasteiger partial charge in [-0.15, -0.1) is 0 Å². The summed E-state index contributed by atoms with van der Waals surface area (Å²) in [4.78, 5) is 11.6. The Kier molecular flexibility index (Phi) is 3.68. The van der Waals surface area contributed by atoms with Crippen LogP contribution in [0, 0.1) is 11.3 Å². The Bertz CT molecular complexity index is 271. The van der Waals surface area contributed by atoms with Crippen LogP contribution in [-0.4, -0.2) is 24.7 Å². The van der Waals surface area contributed by atoms with Crippen LogP contribution >= 0.6 is 0 Å². The maximum Gasteiger partial charge on any atom is 0.325 e. The van der Waals surface area contributed by atoms with Gasteiger partial charge in [-0.25, -0.2) is 0 Å². The van der Waals surface area contributed by atoms with E-state index in [2.05, 4.69) is 26.1 Å². The van der Waals surface area contributed by atoms with Crippen LogP contribution in [0.2, 0.25) is 0 Å². The largest absolute Gasteiger partial charge is 0.468 e. The van der Waals surface area contributed by atoms with E-state index >= 15 is 0 Å². The van der Waals surface area contributed by atoms with Gasteiger partial charge in [0.15, 0.2) is 0 Å². The molecule has 3 nitrogen and oxygen atoms in total. The van der Waals surface area contributed by atoms with Crippen molar-refractivity contribution in [3.63, 3.8) is 0 Å². The Labute approximate surface area is 98.9 Å². The molecule has 0 amide bonds. The predicted molar refractivity (Wildman–Crippen MR) is 65.2 cm³/mol. The molecule has 2 atom stereocenters. The van der Waals surface area contributed by atoms with E-state index in [-0.39, 0.29) is 5.97 Å². The van der Waals surface area contributed by atoms with Crippen LogP contribution in [0.25, 0.3) is 0 Å². The fraction of sp³-hybridized carbons (Fsp3) is 0.923. The van der Waals surface area contributed by atoms with Crippen molar-refractivity contribution in [2.24, 2.45) is 11.3 Å². The van der Waals surface area contributed by atoms with E-state index in [4.69, 9.17) is 4.74 Å². The summed E-state index contributed by atoms with van der Waals surface area (Å²) in [5, 5.41) is 3.44. The zero-order valence-corrected chi connectivity index (χ0v) is 11.4. The molecule has 1 aliphatic carbocycles. The van der Waals surface area contributed by atoms with Crippen molar-refractivity contribution >= 4 is 5.97 Å². The number of esters is 1. The zero-order valence-electron chi connectivity index (χ0n) is 11.4. The Morgan fingerprint density at radius 3 is 2.31 bits per heavy atom. The van der Waals surface area contributed by atoms with Gasteiger partial charge in [-0.3, -0.25) is 10.1 Å². The fourth-order valence-corrected chi connectivity index (χ4v) is 2.86. The van der Waals surface area contributed by atoms with Gasteiger partial charge in [0.1, 0.15) is 5.54 Å². The van der Waals surface area contributed by atoms with Gasteiger partial charge in [0, 0.05) is 6.04 Å². The first kappa shape index (κ1) is 13.5. The number of carbonyl (C=O) groups is 1. The summed E-state index contributed by atoms with van der Waals surface area (Å²) in [6, 6.07) is 0.407. The standard InChI is InChI=1S/C13H25NO2/c1-9-7-12(2,3)8-10(9)14-13(4,5)11(15)16-6/h9-10,14H,7-8H2,1-6H3. The Morgan fingerprint density at radius 2 is 1.94 bits per heavy atom. The average Bonchev–Trinajstić information content (AvgIpc) is 2.37. The summed E-state index contributed by atoms with van der Waals surface area (Å²) < 4.78 is 4.81. The van der Waals surface area contributed by atoms with Gasteiger partial charge in [0.2, 0.25) is 0 Å². The normalized spacial score (nSPS) is 29.1. The predicted octanol–water partition coefficient (Wildman–Crippen LogP) is 2.35. The smallest absolute Gasteiger partial charge is 0.325 e. The van der Waals surface area contributed by atoms with Gasteiger partial charge in [-0.2, -0.15) is 0 Å². The lowest BCUT2D eigenvalue weighted by atomic mass is 9.91. The van der Waals surface area contributed by atoms with E-state index in [1.165, 1.54) is 13.5 Å². The molecular weight excluding hydrogens is 202 g/mol. The molecule has 2 unspecified atom stereocenters. The van der Waals surface area contributed by atoms with Crippen LogP contribution in [0.5, 0.6) is 0 Å². The van der Waals surface area contributed by atoms with E-state index in [1.807, 2.05) is 13.8 Å². The van der Waals surface area contributed by atoms with Crippen LogP contribution < -0.4 is 5.32 Å². The van der Waals surface area contributed by atoms with Gasteiger partial charge in [-0.1, -0.05) is 20.8 Å². The highest BCUT2D eigenvalue weighted by molar-refractivity contribution is 5.79. The quantitative estimate of drug-likeness (QED) is 0.752. The molecule has 0 saturated heterocycles. The third-order valence-corrected chi connectivity index (χ3v) is 3.58. The summed E-state index contributed by atoms with van der Waals surface area (Å²) in [5.41, 5.74) is -0.211. The summed E-state index contributed by atoms with van der Waals surface area (Å²) in [7, 11) is 1.44. The van der Waals surface area contributed by atoms with Crippen molar-refractivity contribution in [3.05, 3.63) is 0 Å². The molecule has 1 rings (SSSR count). The Balaban J connectivity index is 2.65. The Hall–Kier alpha value is -0.570. The topological polar surface area (TPSA) is 38.3 Å². The number of rotatable bonds is 3. The van der Waals surface area contributed by atoms with Crippen molar-refractivity contribution in [2.75, 3.05) is 7.11 Å². The van der Waals surface area contributed by atoms with Crippen molar-refractivity contribution in [2.45, 2.75) is 59.0 Å². The second-order valence-corrected chi connectivity index (χ2v) is 6.42. The summed E-state index contributed by atoms with van der Waals surface area (Å²) in [5.74, 6) is 0.420. The van der Waals surface area contributed by atoms with Crippen molar-refractivity contribution < 1.29 is 9.53 Å². The molecule has 0 radical (unpaired) electrons. The molecule has 0 aliphatic heterocycles. The summed E-state index contributed by atoms with van der Waals surface area (Å²) in [6.45, 7) is 10.6. The van der Waals surface area contributed by atoms with Gasteiger partial charge >= 0.3 is 5.97 Å². The molecule has 1 N–H and O–H groups in total. The number of hydrogen-bond acceptors (Lipinski definition) is 3. The second kappa shape index (κ2) is 4.36. The highest BCUT2D eigenvalue weighted by atomic mass is 16.5. The molecule has 0 heterocycles.